The maximum atomic E-state index is 12.9. The number of fused-ring (bicyclic) bond motifs is 2. The van der Waals surface area contributed by atoms with Gasteiger partial charge in [-0.3, -0.25) is 19.8 Å². The van der Waals surface area contributed by atoms with Gasteiger partial charge in [-0.2, -0.15) is 0 Å². The Hall–Kier alpha value is -2.90. The van der Waals surface area contributed by atoms with Crippen molar-refractivity contribution in [1.82, 2.24) is 15.5 Å². The molecule has 1 saturated heterocycles. The van der Waals surface area contributed by atoms with Crippen molar-refractivity contribution in [3.05, 3.63) is 35.4 Å². The molecule has 1 aliphatic carbocycles. The number of hydrogen-bond donors (Lipinski definition) is 2. The fourth-order valence-corrected chi connectivity index (χ4v) is 3.42. The van der Waals surface area contributed by atoms with Gasteiger partial charge in [0.15, 0.2) is 0 Å². The molecule has 3 rings (SSSR count). The molecule has 1 atom stereocenters. The van der Waals surface area contributed by atoms with E-state index in [9.17, 15) is 19.2 Å². The van der Waals surface area contributed by atoms with Gasteiger partial charge in [-0.1, -0.05) is 24.3 Å². The number of rotatable bonds is 3. The second kappa shape index (κ2) is 6.54. The molecule has 0 bridgehead atoms. The highest BCUT2D eigenvalue weighted by Crippen LogP contribution is 2.39. The SMILES string of the molecule is CCOC(=O)NC(=O)CN1C(=O)N[C@]2(CCCc3ccccc32)C1=O. The number of carbonyl (C=O) groups is 4. The number of carbonyl (C=O) groups excluding carboxylic acids is 4. The van der Waals surface area contributed by atoms with Crippen LogP contribution < -0.4 is 10.6 Å². The van der Waals surface area contributed by atoms with E-state index in [0.717, 1.165) is 28.9 Å². The van der Waals surface area contributed by atoms with Crippen LogP contribution >= 0.6 is 0 Å². The lowest BCUT2D eigenvalue weighted by molar-refractivity contribution is -0.135. The monoisotopic (exact) mass is 345 g/mol. The summed E-state index contributed by atoms with van der Waals surface area (Å²) in [4.78, 5) is 49.3. The van der Waals surface area contributed by atoms with E-state index < -0.39 is 36.0 Å². The quantitative estimate of drug-likeness (QED) is 0.797. The first-order chi connectivity index (χ1) is 12.0. The molecule has 1 spiro atoms. The zero-order valence-corrected chi connectivity index (χ0v) is 13.8. The molecule has 1 aliphatic heterocycles. The lowest BCUT2D eigenvalue weighted by Gasteiger charge is -2.33. The Morgan fingerprint density at radius 1 is 1.32 bits per heavy atom. The summed E-state index contributed by atoms with van der Waals surface area (Å²) in [5.41, 5.74) is 0.656. The van der Waals surface area contributed by atoms with E-state index in [2.05, 4.69) is 10.1 Å². The number of imide groups is 2. The van der Waals surface area contributed by atoms with Gasteiger partial charge in [0.05, 0.1) is 6.61 Å². The molecule has 0 radical (unpaired) electrons. The van der Waals surface area contributed by atoms with Crippen LogP contribution in [0, 0.1) is 0 Å². The van der Waals surface area contributed by atoms with Crippen LogP contribution in [-0.2, 0) is 26.3 Å². The van der Waals surface area contributed by atoms with E-state index in [4.69, 9.17) is 0 Å². The third-order valence-corrected chi connectivity index (χ3v) is 4.47. The van der Waals surface area contributed by atoms with Crippen molar-refractivity contribution in [2.45, 2.75) is 31.7 Å². The molecule has 1 heterocycles. The van der Waals surface area contributed by atoms with Crippen LogP contribution in [0.5, 0.6) is 0 Å². The average molecular weight is 345 g/mol. The van der Waals surface area contributed by atoms with Crippen LogP contribution in [0.2, 0.25) is 0 Å². The first-order valence-electron chi connectivity index (χ1n) is 8.17. The van der Waals surface area contributed by atoms with Crippen LogP contribution in [0.3, 0.4) is 0 Å². The number of ether oxygens (including phenoxy) is 1. The Morgan fingerprint density at radius 3 is 2.84 bits per heavy atom. The zero-order chi connectivity index (χ0) is 18.0. The summed E-state index contributed by atoms with van der Waals surface area (Å²) in [7, 11) is 0. The fraction of sp³-hybridized carbons (Fsp3) is 0.412. The molecule has 2 N–H and O–H groups in total. The maximum Gasteiger partial charge on any atom is 0.413 e. The maximum absolute atomic E-state index is 12.9. The van der Waals surface area contributed by atoms with Crippen molar-refractivity contribution in [2.24, 2.45) is 0 Å². The molecule has 1 aromatic carbocycles. The first-order valence-corrected chi connectivity index (χ1v) is 8.17. The number of urea groups is 1. The normalized spacial score (nSPS) is 21.7. The van der Waals surface area contributed by atoms with E-state index in [1.54, 1.807) is 6.92 Å². The van der Waals surface area contributed by atoms with Gasteiger partial charge in [0.25, 0.3) is 5.91 Å². The Labute approximate surface area is 144 Å². The average Bonchev–Trinajstić information content (AvgIpc) is 2.80. The van der Waals surface area contributed by atoms with Gasteiger partial charge >= 0.3 is 12.1 Å². The number of nitrogens with zero attached hydrogens (tertiary/aromatic N) is 1. The van der Waals surface area contributed by atoms with Crippen LogP contribution in [0.4, 0.5) is 9.59 Å². The van der Waals surface area contributed by atoms with Gasteiger partial charge in [-0.05, 0) is 37.3 Å². The molecule has 5 amide bonds. The van der Waals surface area contributed by atoms with Crippen molar-refractivity contribution < 1.29 is 23.9 Å². The summed E-state index contributed by atoms with van der Waals surface area (Å²) < 4.78 is 4.61. The van der Waals surface area contributed by atoms with E-state index >= 15 is 0 Å². The summed E-state index contributed by atoms with van der Waals surface area (Å²) in [6, 6.07) is 6.84. The predicted molar refractivity (Wildman–Crippen MR) is 86.5 cm³/mol. The minimum Gasteiger partial charge on any atom is -0.450 e. The van der Waals surface area contributed by atoms with Crippen molar-refractivity contribution in [3.63, 3.8) is 0 Å². The number of amides is 5. The minimum atomic E-state index is -1.13. The molecule has 8 heteroatoms. The molecule has 0 unspecified atom stereocenters. The Bertz CT molecular complexity index is 748. The number of aryl methyl sites for hydroxylation is 1. The third kappa shape index (κ3) is 2.95. The molecule has 132 valence electrons. The van der Waals surface area contributed by atoms with Gasteiger partial charge in [0.1, 0.15) is 12.1 Å². The van der Waals surface area contributed by atoms with Crippen LogP contribution in [0.1, 0.15) is 30.9 Å². The Morgan fingerprint density at radius 2 is 2.08 bits per heavy atom. The van der Waals surface area contributed by atoms with E-state index in [1.165, 1.54) is 0 Å². The van der Waals surface area contributed by atoms with Crippen molar-refractivity contribution >= 4 is 23.9 Å². The molecular formula is C17H19N3O5. The molecule has 25 heavy (non-hydrogen) atoms. The van der Waals surface area contributed by atoms with Gasteiger partial charge < -0.3 is 10.1 Å². The molecule has 8 nitrogen and oxygen atoms in total. The van der Waals surface area contributed by atoms with Gasteiger partial charge in [0, 0.05) is 0 Å². The molecular weight excluding hydrogens is 326 g/mol. The lowest BCUT2D eigenvalue weighted by Crippen LogP contribution is -2.47. The molecule has 0 aromatic heterocycles. The number of benzene rings is 1. The summed E-state index contributed by atoms with van der Waals surface area (Å²) in [6.45, 7) is 1.18. The molecule has 1 fully saturated rings. The highest BCUT2D eigenvalue weighted by molar-refractivity contribution is 6.10. The van der Waals surface area contributed by atoms with Crippen molar-refractivity contribution in [1.29, 1.82) is 0 Å². The topological polar surface area (TPSA) is 105 Å². The van der Waals surface area contributed by atoms with Crippen molar-refractivity contribution in [3.8, 4) is 0 Å². The lowest BCUT2D eigenvalue weighted by atomic mass is 9.76. The van der Waals surface area contributed by atoms with Crippen molar-refractivity contribution in [2.75, 3.05) is 13.2 Å². The second-order valence-corrected chi connectivity index (χ2v) is 6.01. The summed E-state index contributed by atoms with van der Waals surface area (Å²) >= 11 is 0. The van der Waals surface area contributed by atoms with Crippen LogP contribution in [0.15, 0.2) is 24.3 Å². The van der Waals surface area contributed by atoms with E-state index in [-0.39, 0.29) is 6.61 Å². The Kier molecular flexibility index (Phi) is 4.43. The molecule has 2 aliphatic rings. The highest BCUT2D eigenvalue weighted by atomic mass is 16.5. The van der Waals surface area contributed by atoms with Gasteiger partial charge in [-0.15, -0.1) is 0 Å². The Balaban J connectivity index is 1.80. The van der Waals surface area contributed by atoms with Crippen LogP contribution in [0.25, 0.3) is 0 Å². The zero-order valence-electron chi connectivity index (χ0n) is 13.8. The largest absolute Gasteiger partial charge is 0.450 e. The number of alkyl carbamates (subject to hydrolysis) is 1. The minimum absolute atomic E-state index is 0.113. The molecule has 1 aromatic rings. The second-order valence-electron chi connectivity index (χ2n) is 6.01. The summed E-state index contributed by atoms with van der Waals surface area (Å²) in [5, 5.41) is 4.74. The van der Waals surface area contributed by atoms with Gasteiger partial charge in [-0.25, -0.2) is 9.59 Å². The number of nitrogens with one attached hydrogen (secondary N) is 2. The van der Waals surface area contributed by atoms with Gasteiger partial charge in [0.2, 0.25) is 5.91 Å². The fourth-order valence-electron chi connectivity index (χ4n) is 3.42. The number of hydrogen-bond acceptors (Lipinski definition) is 5. The highest BCUT2D eigenvalue weighted by Gasteiger charge is 2.54. The smallest absolute Gasteiger partial charge is 0.413 e. The van der Waals surface area contributed by atoms with E-state index in [1.807, 2.05) is 29.6 Å². The summed E-state index contributed by atoms with van der Waals surface area (Å²) in [5.74, 6) is -1.24. The predicted octanol–water partition coefficient (Wildman–Crippen LogP) is 1.04. The standard InChI is InChI=1S/C17H19N3O5/c1-2-25-16(24)18-13(21)10-20-14(22)17(19-15(20)23)9-5-7-11-6-3-4-8-12(11)17/h3-4,6,8H,2,5,7,9-10H2,1H3,(H,19,23)(H,18,21,24)/t17-/m0/s1. The van der Waals surface area contributed by atoms with E-state index in [0.29, 0.717) is 6.42 Å². The summed E-state index contributed by atoms with van der Waals surface area (Å²) in [6.07, 6.45) is 1.17. The first kappa shape index (κ1) is 16.9. The van der Waals surface area contributed by atoms with Crippen LogP contribution in [-0.4, -0.2) is 42.0 Å². The molecule has 0 saturated carbocycles. The third-order valence-electron chi connectivity index (χ3n) is 4.47.